The first-order valence-electron chi connectivity index (χ1n) is 10.7. The van der Waals surface area contributed by atoms with Crippen molar-refractivity contribution in [2.75, 3.05) is 10.6 Å². The molecule has 1 aliphatic heterocycles. The van der Waals surface area contributed by atoms with Gasteiger partial charge in [0.2, 0.25) is 5.88 Å². The van der Waals surface area contributed by atoms with Crippen molar-refractivity contribution in [3.63, 3.8) is 0 Å². The van der Waals surface area contributed by atoms with Crippen LogP contribution in [-0.4, -0.2) is 38.4 Å². The van der Waals surface area contributed by atoms with Gasteiger partial charge < -0.3 is 15.7 Å². The van der Waals surface area contributed by atoms with E-state index in [2.05, 4.69) is 15.0 Å². The molecule has 1 aliphatic rings. The summed E-state index contributed by atoms with van der Waals surface area (Å²) in [6, 6.07) is 7.97. The van der Waals surface area contributed by atoms with Crippen molar-refractivity contribution < 1.29 is 31.1 Å². The highest BCUT2D eigenvalue weighted by Gasteiger charge is 2.26. The fraction of sp³-hybridized carbons (Fsp3) is 0.0455. The molecule has 4 N–H and O–H groups in total. The first kappa shape index (κ1) is 26.6. The number of nitrogens with one attached hydrogen (secondary N) is 3. The topological polar surface area (TPSA) is 176 Å². The molecule has 0 aliphatic carbocycles. The van der Waals surface area contributed by atoms with Gasteiger partial charge in [0.25, 0.3) is 25.6 Å². The van der Waals surface area contributed by atoms with Crippen molar-refractivity contribution in [1.29, 1.82) is 0 Å². The summed E-state index contributed by atoms with van der Waals surface area (Å²) in [6.45, 7) is 1.45. The molecule has 2 aromatic carbocycles. The van der Waals surface area contributed by atoms with Crippen LogP contribution in [0.25, 0.3) is 16.5 Å². The maximum atomic E-state index is 15.1. The van der Waals surface area contributed by atoms with E-state index in [-0.39, 0.29) is 41.4 Å². The number of hydrogen-bond acceptors (Lipinski definition) is 9. The summed E-state index contributed by atoms with van der Waals surface area (Å²) in [5.74, 6) is -1.68. The summed E-state index contributed by atoms with van der Waals surface area (Å²) in [5, 5.41) is 16.0. The predicted molar refractivity (Wildman–Crippen MR) is 144 cm³/mol. The van der Waals surface area contributed by atoms with Crippen LogP contribution in [0.5, 0.6) is 5.88 Å². The number of aromatic nitrogens is 1. The van der Waals surface area contributed by atoms with E-state index < -0.39 is 49.0 Å². The van der Waals surface area contributed by atoms with Gasteiger partial charge in [-0.1, -0.05) is 11.6 Å². The average Bonchev–Trinajstić information content (AvgIpc) is 3.26. The van der Waals surface area contributed by atoms with E-state index in [1.165, 1.54) is 31.2 Å². The Hall–Kier alpha value is -3.99. The second kappa shape index (κ2) is 9.33. The number of amides is 2. The molecule has 202 valence electrons. The van der Waals surface area contributed by atoms with Gasteiger partial charge in [0.15, 0.2) is 0 Å². The zero-order valence-electron chi connectivity index (χ0n) is 19.4. The van der Waals surface area contributed by atoms with Gasteiger partial charge >= 0.3 is 6.03 Å². The summed E-state index contributed by atoms with van der Waals surface area (Å²) < 4.78 is 70.6. The lowest BCUT2D eigenvalue weighted by molar-refractivity contribution is 0.256. The number of nitrogens with zero attached hydrogens (tertiary/aromatic N) is 2. The highest BCUT2D eigenvalue weighted by atomic mass is 35.5. The van der Waals surface area contributed by atoms with Crippen LogP contribution < -0.4 is 20.9 Å². The van der Waals surface area contributed by atoms with E-state index in [0.29, 0.717) is 4.57 Å². The van der Waals surface area contributed by atoms with Crippen molar-refractivity contribution in [3.8, 4) is 11.6 Å². The molecule has 2 aromatic heterocycles. The minimum Gasteiger partial charge on any atom is -0.494 e. The summed E-state index contributed by atoms with van der Waals surface area (Å²) in [6.07, 6.45) is 0. The van der Waals surface area contributed by atoms with Crippen LogP contribution in [0.15, 0.2) is 66.8 Å². The number of fused-ring (bicyclic) bond motifs is 2. The molecular weight excluding hydrogens is 597 g/mol. The van der Waals surface area contributed by atoms with Crippen LogP contribution in [-0.2, 0) is 20.0 Å². The zero-order valence-corrected chi connectivity index (χ0v) is 22.6. The first-order chi connectivity index (χ1) is 18.2. The third kappa shape index (κ3) is 4.94. The molecule has 3 heterocycles. The molecular formula is C22H15ClFN5O7S3. The molecule has 0 saturated heterocycles. The van der Waals surface area contributed by atoms with Gasteiger partial charge in [0.1, 0.15) is 20.8 Å². The number of carbonyl (C=O) groups is 1. The fourth-order valence-electron chi connectivity index (χ4n) is 3.86. The number of urea groups is 1. The Morgan fingerprint density at radius 1 is 1.18 bits per heavy atom. The Morgan fingerprint density at radius 2 is 1.92 bits per heavy atom. The highest BCUT2D eigenvalue weighted by molar-refractivity contribution is 7.92. The van der Waals surface area contributed by atoms with E-state index in [1.54, 1.807) is 4.72 Å². The lowest BCUT2D eigenvalue weighted by Gasteiger charge is -2.18. The highest BCUT2D eigenvalue weighted by Crippen LogP contribution is 2.35. The van der Waals surface area contributed by atoms with Crippen LogP contribution in [0.4, 0.5) is 20.6 Å². The summed E-state index contributed by atoms with van der Waals surface area (Å²) >= 11 is 6.46. The van der Waals surface area contributed by atoms with Crippen LogP contribution >= 0.6 is 22.9 Å². The minimum absolute atomic E-state index is 0.0617. The quantitative estimate of drug-likeness (QED) is 0.270. The van der Waals surface area contributed by atoms with Gasteiger partial charge in [-0.25, -0.2) is 26.9 Å². The summed E-state index contributed by atoms with van der Waals surface area (Å²) in [4.78, 5) is 24.8. The third-order valence-electron chi connectivity index (χ3n) is 5.44. The average molecular weight is 612 g/mol. The maximum Gasteiger partial charge on any atom is 0.333 e. The van der Waals surface area contributed by atoms with Gasteiger partial charge in [-0.3, -0.25) is 4.79 Å². The first-order valence-corrected chi connectivity index (χ1v) is 14.8. The van der Waals surface area contributed by atoms with E-state index in [9.17, 15) is 31.5 Å². The molecule has 2 amide bonds. The molecule has 39 heavy (non-hydrogen) atoms. The van der Waals surface area contributed by atoms with Gasteiger partial charge in [-0.2, -0.15) is 8.42 Å². The number of amidine groups is 1. The Labute approximate surface area is 228 Å². The van der Waals surface area contributed by atoms with Gasteiger partial charge in [-0.15, -0.1) is 15.7 Å². The van der Waals surface area contributed by atoms with Crippen molar-refractivity contribution in [3.05, 3.63) is 69.0 Å². The zero-order chi connectivity index (χ0) is 28.3. The number of aromatic hydroxyl groups is 1. The summed E-state index contributed by atoms with van der Waals surface area (Å²) in [5.41, 5.74) is -1.25. The van der Waals surface area contributed by atoms with E-state index in [0.717, 1.165) is 35.6 Å². The molecule has 12 nitrogen and oxygen atoms in total. The number of pyridine rings is 1. The monoisotopic (exact) mass is 611 g/mol. The molecule has 0 bridgehead atoms. The van der Waals surface area contributed by atoms with Gasteiger partial charge in [-0.05, 0) is 54.8 Å². The summed E-state index contributed by atoms with van der Waals surface area (Å²) in [7, 11) is -8.31. The number of thiophene rings is 1. The Kier molecular flexibility index (Phi) is 6.37. The van der Waals surface area contributed by atoms with E-state index in [1.807, 2.05) is 0 Å². The lowest BCUT2D eigenvalue weighted by atomic mass is 10.1. The van der Waals surface area contributed by atoms with E-state index >= 15 is 4.39 Å². The number of halogens is 2. The number of carbonyl (C=O) groups excluding carboxylic acids is 1. The molecule has 0 radical (unpaired) electrons. The van der Waals surface area contributed by atoms with Crippen LogP contribution in [0.2, 0.25) is 4.34 Å². The smallest absolute Gasteiger partial charge is 0.333 e. The number of anilines is 2. The van der Waals surface area contributed by atoms with E-state index in [4.69, 9.17) is 11.6 Å². The van der Waals surface area contributed by atoms with Crippen LogP contribution in [0.3, 0.4) is 0 Å². The Bertz CT molecular complexity index is 2020. The number of hydrogen-bond donors (Lipinski definition) is 4. The molecule has 0 fully saturated rings. The molecule has 17 heteroatoms. The number of benzene rings is 2. The fourth-order valence-corrected chi connectivity index (χ4v) is 7.41. The second-order valence-corrected chi connectivity index (χ2v) is 13.3. The van der Waals surface area contributed by atoms with Gasteiger partial charge in [0, 0.05) is 17.1 Å². The number of rotatable bonds is 4. The van der Waals surface area contributed by atoms with Gasteiger partial charge in [0.05, 0.1) is 15.7 Å². The third-order valence-corrected chi connectivity index (χ3v) is 9.90. The normalized spacial score (nSPS) is 14.3. The molecule has 0 unspecified atom stereocenters. The Balaban J connectivity index is 1.48. The lowest BCUT2D eigenvalue weighted by Crippen LogP contribution is -2.34. The molecule has 0 spiro atoms. The predicted octanol–water partition coefficient (Wildman–Crippen LogP) is 3.59. The van der Waals surface area contributed by atoms with Crippen molar-refractivity contribution in [2.24, 2.45) is 4.40 Å². The molecule has 0 saturated carbocycles. The molecule has 0 atom stereocenters. The molecule has 4 aromatic rings. The minimum atomic E-state index is -4.23. The largest absolute Gasteiger partial charge is 0.494 e. The SMILES string of the molecule is CC1=NS(=O)(=O)c2cc3c(O)n(-c4ccc(NC(=O)NS(=O)(=O)c5ccc(Cl)s5)cc4F)c(=O)cc3cc2N1. The van der Waals surface area contributed by atoms with Crippen LogP contribution in [0, 0.1) is 5.82 Å². The van der Waals surface area contributed by atoms with Crippen molar-refractivity contribution in [2.45, 2.75) is 16.0 Å². The second-order valence-electron chi connectivity index (χ2n) is 8.14. The molecule has 5 rings (SSSR count). The maximum absolute atomic E-state index is 15.1. The van der Waals surface area contributed by atoms with Crippen molar-refractivity contribution >= 4 is 77.0 Å². The van der Waals surface area contributed by atoms with Crippen molar-refractivity contribution in [1.82, 2.24) is 9.29 Å². The Morgan fingerprint density at radius 3 is 2.59 bits per heavy atom. The number of sulfonamides is 2. The standard InChI is InChI=1S/C22H15ClFN5O7S3/c1-10-25-15-6-11-7-19(30)29(21(31)13(11)9-17(15)38(33,34)27-10)16-3-2-12(8-14(16)24)26-22(32)28-39(35,36)20-5-4-18(23)37-20/h2-9,31H,1H3,(H,25,27)(H2,26,28,32). The van der Waals surface area contributed by atoms with Crippen LogP contribution in [0.1, 0.15) is 6.92 Å².